The number of hydrogen-bond donors (Lipinski definition) is 1. The number of aryl methyl sites for hydroxylation is 1. The fourth-order valence-corrected chi connectivity index (χ4v) is 3.57. The van der Waals surface area contributed by atoms with Crippen molar-refractivity contribution < 1.29 is 9.59 Å². The second kappa shape index (κ2) is 5.98. The lowest BCUT2D eigenvalue weighted by molar-refractivity contribution is -0.122. The fraction of sp³-hybridized carbons (Fsp3) is 0.529. The van der Waals surface area contributed by atoms with Crippen LogP contribution in [-0.2, 0) is 16.0 Å². The van der Waals surface area contributed by atoms with Crippen molar-refractivity contribution in [2.75, 3.05) is 11.4 Å². The number of imide groups is 1. The quantitative estimate of drug-likeness (QED) is 0.864. The van der Waals surface area contributed by atoms with Crippen molar-refractivity contribution in [2.24, 2.45) is 17.6 Å². The van der Waals surface area contributed by atoms with E-state index in [0.717, 1.165) is 49.8 Å². The van der Waals surface area contributed by atoms with Crippen molar-refractivity contribution in [1.29, 1.82) is 0 Å². The van der Waals surface area contributed by atoms with E-state index in [4.69, 9.17) is 5.73 Å². The topological polar surface area (TPSA) is 63.4 Å². The van der Waals surface area contributed by atoms with Gasteiger partial charge < -0.3 is 5.73 Å². The first kappa shape index (κ1) is 14.3. The first-order valence-electron chi connectivity index (χ1n) is 7.89. The van der Waals surface area contributed by atoms with E-state index in [2.05, 4.69) is 0 Å². The van der Waals surface area contributed by atoms with Gasteiger partial charge in [0.05, 0.1) is 17.5 Å². The summed E-state index contributed by atoms with van der Waals surface area (Å²) in [6.07, 6.45) is 5.64. The van der Waals surface area contributed by atoms with Crippen LogP contribution in [0.25, 0.3) is 0 Å². The molecule has 2 N–H and O–H groups in total. The minimum absolute atomic E-state index is 0.000625. The number of nitrogens with two attached hydrogens (primary N) is 1. The molecule has 3 rings (SSSR count). The summed E-state index contributed by atoms with van der Waals surface area (Å²) in [5, 5.41) is 0. The minimum atomic E-state index is -0.0843. The van der Waals surface area contributed by atoms with Crippen LogP contribution < -0.4 is 10.6 Å². The number of fused-ring (bicyclic) bond motifs is 1. The number of carbonyl (C=O) groups excluding carboxylic acids is 2. The van der Waals surface area contributed by atoms with Gasteiger partial charge in [0.2, 0.25) is 11.8 Å². The maximum Gasteiger partial charge on any atom is 0.237 e. The summed E-state index contributed by atoms with van der Waals surface area (Å²) in [6.45, 7) is 0.649. The number of rotatable bonds is 4. The third-order valence-corrected chi connectivity index (χ3v) is 4.68. The molecule has 4 heteroatoms. The third kappa shape index (κ3) is 2.60. The second-order valence-corrected chi connectivity index (χ2v) is 6.07. The highest BCUT2D eigenvalue weighted by Gasteiger charge is 2.48. The maximum absolute atomic E-state index is 12.6. The van der Waals surface area contributed by atoms with Crippen LogP contribution in [0.1, 0.15) is 37.7 Å². The van der Waals surface area contributed by atoms with E-state index in [1.165, 1.54) is 4.90 Å². The maximum atomic E-state index is 12.6. The van der Waals surface area contributed by atoms with Crippen molar-refractivity contribution in [3.8, 4) is 0 Å². The summed E-state index contributed by atoms with van der Waals surface area (Å²) >= 11 is 0. The van der Waals surface area contributed by atoms with Gasteiger partial charge in [-0.05, 0) is 49.9 Å². The van der Waals surface area contributed by atoms with Gasteiger partial charge >= 0.3 is 0 Å². The fourth-order valence-electron chi connectivity index (χ4n) is 3.57. The molecule has 0 radical (unpaired) electrons. The summed E-state index contributed by atoms with van der Waals surface area (Å²) in [4.78, 5) is 26.5. The standard InChI is InChI=1S/C17H22N2O2/c18-10-4-6-12-5-3-7-13(11-12)19-16(20)14-8-1-2-9-15(14)17(19)21/h3,5,7,11,14-15H,1-2,4,6,8-10,18H2. The van der Waals surface area contributed by atoms with E-state index >= 15 is 0 Å². The third-order valence-electron chi connectivity index (χ3n) is 4.68. The number of benzene rings is 1. The molecule has 2 aliphatic rings. The van der Waals surface area contributed by atoms with E-state index in [-0.39, 0.29) is 23.7 Å². The average Bonchev–Trinajstić information content (AvgIpc) is 2.78. The zero-order valence-electron chi connectivity index (χ0n) is 12.3. The second-order valence-electron chi connectivity index (χ2n) is 6.07. The highest BCUT2D eigenvalue weighted by molar-refractivity contribution is 6.22. The molecular weight excluding hydrogens is 264 g/mol. The summed E-state index contributed by atoms with van der Waals surface area (Å²) in [5.74, 6) is -0.167. The van der Waals surface area contributed by atoms with Crippen LogP contribution in [-0.4, -0.2) is 18.4 Å². The monoisotopic (exact) mass is 286 g/mol. The molecule has 21 heavy (non-hydrogen) atoms. The molecule has 0 aromatic heterocycles. The van der Waals surface area contributed by atoms with E-state index in [9.17, 15) is 9.59 Å². The molecule has 1 aromatic rings. The molecule has 0 spiro atoms. The van der Waals surface area contributed by atoms with Gasteiger partial charge in [-0.15, -0.1) is 0 Å². The normalized spacial score (nSPS) is 25.3. The molecule has 1 saturated heterocycles. The summed E-state index contributed by atoms with van der Waals surface area (Å²) < 4.78 is 0. The van der Waals surface area contributed by atoms with Crippen molar-refractivity contribution in [1.82, 2.24) is 0 Å². The van der Waals surface area contributed by atoms with Gasteiger partial charge in [0.25, 0.3) is 0 Å². The first-order valence-corrected chi connectivity index (χ1v) is 7.89. The number of hydrogen-bond acceptors (Lipinski definition) is 3. The lowest BCUT2D eigenvalue weighted by atomic mass is 9.81. The van der Waals surface area contributed by atoms with Crippen LogP contribution in [0, 0.1) is 11.8 Å². The molecule has 1 saturated carbocycles. The smallest absolute Gasteiger partial charge is 0.237 e. The lowest BCUT2D eigenvalue weighted by Gasteiger charge is -2.19. The van der Waals surface area contributed by atoms with Gasteiger partial charge in [0.15, 0.2) is 0 Å². The number of amides is 2. The zero-order chi connectivity index (χ0) is 14.8. The summed E-state index contributed by atoms with van der Waals surface area (Å²) in [7, 11) is 0. The molecule has 4 nitrogen and oxygen atoms in total. The predicted octanol–water partition coefficient (Wildman–Crippen LogP) is 2.26. The van der Waals surface area contributed by atoms with Crippen molar-refractivity contribution in [2.45, 2.75) is 38.5 Å². The molecule has 1 aliphatic carbocycles. The lowest BCUT2D eigenvalue weighted by Crippen LogP contribution is -2.30. The molecule has 2 atom stereocenters. The highest BCUT2D eigenvalue weighted by Crippen LogP contribution is 2.40. The Kier molecular flexibility index (Phi) is 4.06. The van der Waals surface area contributed by atoms with Crippen LogP contribution in [0.15, 0.2) is 24.3 Å². The van der Waals surface area contributed by atoms with Gasteiger partial charge in [-0.1, -0.05) is 25.0 Å². The van der Waals surface area contributed by atoms with Crippen LogP contribution in [0.3, 0.4) is 0 Å². The van der Waals surface area contributed by atoms with E-state index in [1.807, 2.05) is 24.3 Å². The Hall–Kier alpha value is -1.68. The Morgan fingerprint density at radius 3 is 2.38 bits per heavy atom. The Morgan fingerprint density at radius 2 is 1.76 bits per heavy atom. The molecule has 1 aromatic carbocycles. The van der Waals surface area contributed by atoms with Gasteiger partial charge in [0.1, 0.15) is 0 Å². The van der Waals surface area contributed by atoms with E-state index < -0.39 is 0 Å². The zero-order valence-corrected chi connectivity index (χ0v) is 12.3. The van der Waals surface area contributed by atoms with Crippen LogP contribution >= 0.6 is 0 Å². The van der Waals surface area contributed by atoms with Gasteiger partial charge in [-0.3, -0.25) is 14.5 Å². The molecule has 112 valence electrons. The predicted molar refractivity (Wildman–Crippen MR) is 81.8 cm³/mol. The first-order chi connectivity index (χ1) is 10.2. The largest absolute Gasteiger partial charge is 0.330 e. The van der Waals surface area contributed by atoms with E-state index in [0.29, 0.717) is 6.54 Å². The number of carbonyl (C=O) groups is 2. The van der Waals surface area contributed by atoms with Gasteiger partial charge in [0, 0.05) is 0 Å². The van der Waals surface area contributed by atoms with Crippen LogP contribution in [0.2, 0.25) is 0 Å². The Morgan fingerprint density at radius 1 is 1.10 bits per heavy atom. The SMILES string of the molecule is NCCCc1cccc(N2C(=O)C3CCCCC3C2=O)c1. The average molecular weight is 286 g/mol. The minimum Gasteiger partial charge on any atom is -0.330 e. The Balaban J connectivity index is 1.86. The molecule has 2 unspecified atom stereocenters. The highest BCUT2D eigenvalue weighted by atomic mass is 16.2. The Labute approximate surface area is 125 Å². The number of anilines is 1. The van der Waals surface area contributed by atoms with Crippen molar-refractivity contribution in [3.05, 3.63) is 29.8 Å². The van der Waals surface area contributed by atoms with Crippen molar-refractivity contribution in [3.63, 3.8) is 0 Å². The summed E-state index contributed by atoms with van der Waals surface area (Å²) in [6, 6.07) is 7.77. The number of nitrogens with zero attached hydrogens (tertiary/aromatic N) is 1. The molecule has 2 amide bonds. The Bertz CT molecular complexity index is 531. The van der Waals surface area contributed by atoms with Gasteiger partial charge in [-0.25, -0.2) is 0 Å². The molecule has 1 heterocycles. The molecule has 1 aliphatic heterocycles. The molecule has 0 bridgehead atoms. The summed E-state index contributed by atoms with van der Waals surface area (Å²) in [5.41, 5.74) is 7.40. The molecular formula is C17H22N2O2. The van der Waals surface area contributed by atoms with Crippen LogP contribution in [0.4, 0.5) is 5.69 Å². The van der Waals surface area contributed by atoms with Crippen LogP contribution in [0.5, 0.6) is 0 Å². The van der Waals surface area contributed by atoms with Crippen molar-refractivity contribution >= 4 is 17.5 Å². The van der Waals surface area contributed by atoms with E-state index in [1.54, 1.807) is 0 Å². The van der Waals surface area contributed by atoms with Gasteiger partial charge in [-0.2, -0.15) is 0 Å². The molecule has 2 fully saturated rings.